The molecule has 0 aliphatic rings. The molecule has 0 nitrogen and oxygen atoms in total. The van der Waals surface area contributed by atoms with Gasteiger partial charge >= 0.3 is 0 Å². The second kappa shape index (κ2) is 3.70. The van der Waals surface area contributed by atoms with Crippen LogP contribution in [0.25, 0.3) is 12.2 Å². The highest BCUT2D eigenvalue weighted by atomic mass is 19.2. The van der Waals surface area contributed by atoms with Crippen molar-refractivity contribution in [1.29, 1.82) is 0 Å². The molecule has 74 valence electrons. The van der Waals surface area contributed by atoms with Gasteiger partial charge in [-0.2, -0.15) is 0 Å². The van der Waals surface area contributed by atoms with E-state index in [9.17, 15) is 13.2 Å². The third-order valence-corrected chi connectivity index (χ3v) is 2.05. The first-order chi connectivity index (χ1) is 6.54. The Morgan fingerprint density at radius 2 is 1.36 bits per heavy atom. The second-order valence-corrected chi connectivity index (χ2v) is 2.80. The first-order valence-electron chi connectivity index (χ1n) is 3.96. The van der Waals surface area contributed by atoms with E-state index >= 15 is 0 Å². The van der Waals surface area contributed by atoms with Gasteiger partial charge in [0.2, 0.25) is 0 Å². The van der Waals surface area contributed by atoms with E-state index in [2.05, 4.69) is 13.2 Å². The standard InChI is InChI=1S/C11H9F3/c1-4-7-6(3)9(12)11(14)10(13)8(7)5-2/h4-5H,1-2H2,3H3. The fourth-order valence-electron chi connectivity index (χ4n) is 1.28. The predicted octanol–water partition coefficient (Wildman–Crippen LogP) is 3.70. The van der Waals surface area contributed by atoms with Gasteiger partial charge in [-0.1, -0.05) is 25.3 Å². The summed E-state index contributed by atoms with van der Waals surface area (Å²) in [6, 6.07) is 0. The summed E-state index contributed by atoms with van der Waals surface area (Å²) in [5.41, 5.74) is 0.210. The maximum absolute atomic E-state index is 13.2. The van der Waals surface area contributed by atoms with E-state index in [1.165, 1.54) is 13.0 Å². The third kappa shape index (κ3) is 1.35. The van der Waals surface area contributed by atoms with Crippen LogP contribution in [0.15, 0.2) is 13.2 Å². The molecule has 14 heavy (non-hydrogen) atoms. The Morgan fingerprint density at radius 1 is 0.857 bits per heavy atom. The number of hydrogen-bond acceptors (Lipinski definition) is 0. The summed E-state index contributed by atoms with van der Waals surface area (Å²) in [6.07, 6.45) is 2.42. The van der Waals surface area contributed by atoms with E-state index in [4.69, 9.17) is 0 Å². The van der Waals surface area contributed by atoms with Crippen LogP contribution in [-0.4, -0.2) is 0 Å². The monoisotopic (exact) mass is 198 g/mol. The van der Waals surface area contributed by atoms with E-state index in [1.54, 1.807) is 0 Å². The molecule has 0 aliphatic heterocycles. The minimum atomic E-state index is -1.47. The van der Waals surface area contributed by atoms with Crippen LogP contribution in [0.1, 0.15) is 16.7 Å². The normalized spacial score (nSPS) is 10.0. The largest absolute Gasteiger partial charge is 0.203 e. The Kier molecular flexibility index (Phi) is 2.79. The Balaban J connectivity index is 3.73. The summed E-state index contributed by atoms with van der Waals surface area (Å²) in [4.78, 5) is 0. The summed E-state index contributed by atoms with van der Waals surface area (Å²) in [5, 5.41) is 0. The molecule has 0 heterocycles. The molecule has 1 aromatic carbocycles. The van der Waals surface area contributed by atoms with Crippen molar-refractivity contribution in [2.45, 2.75) is 6.92 Å². The summed E-state index contributed by atoms with van der Waals surface area (Å²) >= 11 is 0. The summed E-state index contributed by atoms with van der Waals surface area (Å²) in [7, 11) is 0. The number of halogens is 3. The zero-order valence-electron chi connectivity index (χ0n) is 7.70. The van der Waals surface area contributed by atoms with Crippen LogP contribution in [0.5, 0.6) is 0 Å². The highest BCUT2D eigenvalue weighted by Crippen LogP contribution is 2.26. The van der Waals surface area contributed by atoms with Crippen LogP contribution in [0.3, 0.4) is 0 Å². The minimum absolute atomic E-state index is 0.0359. The zero-order valence-corrected chi connectivity index (χ0v) is 7.70. The fraction of sp³-hybridized carbons (Fsp3) is 0.0909. The summed E-state index contributed by atoms with van der Waals surface area (Å²) < 4.78 is 39.1. The molecular weight excluding hydrogens is 189 g/mol. The van der Waals surface area contributed by atoms with E-state index in [0.29, 0.717) is 0 Å². The molecule has 0 radical (unpaired) electrons. The quantitative estimate of drug-likeness (QED) is 0.635. The van der Waals surface area contributed by atoms with E-state index in [-0.39, 0.29) is 16.7 Å². The van der Waals surface area contributed by atoms with E-state index < -0.39 is 17.5 Å². The minimum Gasteiger partial charge on any atom is -0.203 e. The molecule has 1 aromatic rings. The van der Waals surface area contributed by atoms with Gasteiger partial charge in [-0.05, 0) is 18.1 Å². The fourth-order valence-corrected chi connectivity index (χ4v) is 1.28. The molecule has 3 heteroatoms. The second-order valence-electron chi connectivity index (χ2n) is 2.80. The maximum atomic E-state index is 13.2. The first kappa shape index (κ1) is 10.6. The van der Waals surface area contributed by atoms with Crippen molar-refractivity contribution >= 4 is 12.2 Å². The smallest absolute Gasteiger partial charge is 0.195 e. The molecule has 1 rings (SSSR count). The molecule has 0 unspecified atom stereocenters. The van der Waals surface area contributed by atoms with Crippen molar-refractivity contribution in [1.82, 2.24) is 0 Å². The number of benzene rings is 1. The lowest BCUT2D eigenvalue weighted by Gasteiger charge is -2.09. The molecule has 0 bridgehead atoms. The van der Waals surface area contributed by atoms with Crippen molar-refractivity contribution in [2.75, 3.05) is 0 Å². The van der Waals surface area contributed by atoms with Crippen LogP contribution in [-0.2, 0) is 0 Å². The maximum Gasteiger partial charge on any atom is 0.195 e. The predicted molar refractivity (Wildman–Crippen MR) is 51.2 cm³/mol. The van der Waals surface area contributed by atoms with Crippen LogP contribution < -0.4 is 0 Å². The summed E-state index contributed by atoms with van der Waals surface area (Å²) in [5.74, 6) is -3.87. The van der Waals surface area contributed by atoms with Gasteiger partial charge in [0, 0.05) is 5.56 Å². The van der Waals surface area contributed by atoms with Crippen LogP contribution >= 0.6 is 0 Å². The van der Waals surface area contributed by atoms with Gasteiger partial charge in [0.25, 0.3) is 0 Å². The van der Waals surface area contributed by atoms with E-state index in [1.807, 2.05) is 0 Å². The van der Waals surface area contributed by atoms with Crippen molar-refractivity contribution in [2.24, 2.45) is 0 Å². The molecule has 0 aliphatic carbocycles. The van der Waals surface area contributed by atoms with E-state index in [0.717, 1.165) is 6.08 Å². The van der Waals surface area contributed by atoms with Gasteiger partial charge < -0.3 is 0 Å². The van der Waals surface area contributed by atoms with Gasteiger partial charge in [0.05, 0.1) is 0 Å². The van der Waals surface area contributed by atoms with Gasteiger partial charge in [0.15, 0.2) is 17.5 Å². The van der Waals surface area contributed by atoms with Gasteiger partial charge in [-0.15, -0.1) is 0 Å². The van der Waals surface area contributed by atoms with Crippen molar-refractivity contribution in [3.63, 3.8) is 0 Å². The average molecular weight is 198 g/mol. The van der Waals surface area contributed by atoms with Crippen LogP contribution in [0, 0.1) is 24.4 Å². The topological polar surface area (TPSA) is 0 Å². The van der Waals surface area contributed by atoms with Gasteiger partial charge in [-0.25, -0.2) is 13.2 Å². The Morgan fingerprint density at radius 3 is 1.79 bits per heavy atom. The highest BCUT2D eigenvalue weighted by molar-refractivity contribution is 5.67. The van der Waals surface area contributed by atoms with Crippen molar-refractivity contribution in [3.05, 3.63) is 47.3 Å². The Bertz CT molecular complexity index is 367. The van der Waals surface area contributed by atoms with Gasteiger partial charge in [0.1, 0.15) is 0 Å². The molecule has 0 saturated heterocycles. The molecule has 0 atom stereocenters. The van der Waals surface area contributed by atoms with Crippen molar-refractivity contribution in [3.8, 4) is 0 Å². The first-order valence-corrected chi connectivity index (χ1v) is 3.96. The number of hydrogen-bond donors (Lipinski definition) is 0. The highest BCUT2D eigenvalue weighted by Gasteiger charge is 2.18. The third-order valence-electron chi connectivity index (χ3n) is 2.05. The Labute approximate surface area is 80.4 Å². The molecular formula is C11H9F3. The zero-order chi connectivity index (χ0) is 10.9. The molecule has 0 saturated carbocycles. The average Bonchev–Trinajstić information content (AvgIpc) is 2.20. The lowest BCUT2D eigenvalue weighted by atomic mass is 10.0. The number of rotatable bonds is 2. The SMILES string of the molecule is C=Cc1c(C)c(F)c(F)c(F)c1C=C. The van der Waals surface area contributed by atoms with Gasteiger partial charge in [-0.3, -0.25) is 0 Å². The Hall–Kier alpha value is -1.51. The lowest BCUT2D eigenvalue weighted by Crippen LogP contribution is -2.01. The molecule has 0 spiro atoms. The van der Waals surface area contributed by atoms with Crippen molar-refractivity contribution < 1.29 is 13.2 Å². The molecule has 0 fully saturated rings. The molecule has 0 aromatic heterocycles. The van der Waals surface area contributed by atoms with Crippen LogP contribution in [0.2, 0.25) is 0 Å². The summed E-state index contributed by atoms with van der Waals surface area (Å²) in [6.45, 7) is 8.11. The van der Waals surface area contributed by atoms with Crippen LogP contribution in [0.4, 0.5) is 13.2 Å². The lowest BCUT2D eigenvalue weighted by molar-refractivity contribution is 0.442. The molecule has 0 N–H and O–H groups in total. The molecule has 0 amide bonds.